The highest BCUT2D eigenvalue weighted by atomic mass is 16.1. The number of ketones is 1. The van der Waals surface area contributed by atoms with Gasteiger partial charge in [-0.2, -0.15) is 0 Å². The highest BCUT2D eigenvalue weighted by Gasteiger charge is 2.10. The zero-order valence-electron chi connectivity index (χ0n) is 10.4. The average Bonchev–Trinajstić information content (AvgIpc) is 2.16. The summed E-state index contributed by atoms with van der Waals surface area (Å²) < 4.78 is 0. The monoisotopic (exact) mass is 226 g/mol. The van der Waals surface area contributed by atoms with E-state index in [2.05, 4.69) is 38.1 Å². The summed E-state index contributed by atoms with van der Waals surface area (Å²) in [6.07, 6.45) is 0. The van der Waals surface area contributed by atoms with E-state index in [1.54, 1.807) is 6.92 Å². The molecular weight excluding hydrogens is 204 g/mol. The Labute approximate surface area is 97.1 Å². The van der Waals surface area contributed by atoms with Gasteiger partial charge in [0, 0.05) is 5.92 Å². The molecule has 3 heteroatoms. The number of carbonyl (C=O) groups is 1. The minimum Gasteiger partial charge on any atom is -0.412 e. The third-order valence-electron chi connectivity index (χ3n) is 2.71. The molecule has 1 unspecified atom stereocenters. The molecule has 0 heterocycles. The largest absolute Gasteiger partial charge is 0.412 e. The fourth-order valence-electron chi connectivity index (χ4n) is 1.40. The Bertz CT molecular complexity index is 314. The predicted molar refractivity (Wildman–Crippen MR) is 66.9 cm³/mol. The van der Waals surface area contributed by atoms with Gasteiger partial charge in [0.2, 0.25) is 0 Å². The lowest BCUT2D eigenvalue weighted by molar-refractivity contribution is -0.118. The first kappa shape index (κ1) is 17.2. The molecule has 0 aromatic heterocycles. The fraction of sp³-hybridized carbons (Fsp3) is 0.462. The molecule has 1 rings (SSSR count). The van der Waals surface area contributed by atoms with Crippen molar-refractivity contribution in [2.45, 2.75) is 39.5 Å². The highest BCUT2D eigenvalue weighted by molar-refractivity contribution is 5.82. The van der Waals surface area contributed by atoms with E-state index < -0.39 is 0 Å². The molecule has 1 atom stereocenters. The van der Waals surface area contributed by atoms with Crippen LogP contribution in [-0.2, 0) is 4.79 Å². The van der Waals surface area contributed by atoms with Crippen LogP contribution in [-0.4, -0.2) is 16.7 Å². The van der Waals surface area contributed by atoms with E-state index in [4.69, 9.17) is 0 Å². The van der Waals surface area contributed by atoms with Crippen LogP contribution in [0.4, 0.5) is 0 Å². The smallest absolute Gasteiger partial charge is 0.136 e. The Morgan fingerprint density at radius 3 is 1.62 bits per heavy atom. The molecule has 92 valence electrons. The molecule has 0 saturated heterocycles. The molecule has 0 bridgehead atoms. The Hall–Kier alpha value is -1.19. The molecule has 0 aliphatic heterocycles. The SMILES string of the molecule is CC(=O)C(C)c1ccc(C(C)C)cc1.O.O. The summed E-state index contributed by atoms with van der Waals surface area (Å²) in [6, 6.07) is 8.34. The van der Waals surface area contributed by atoms with Crippen molar-refractivity contribution < 1.29 is 15.7 Å². The first-order chi connectivity index (χ1) is 6.52. The summed E-state index contributed by atoms with van der Waals surface area (Å²) in [5.41, 5.74) is 2.44. The summed E-state index contributed by atoms with van der Waals surface area (Å²) in [4.78, 5) is 11.2. The second kappa shape index (κ2) is 7.14. The van der Waals surface area contributed by atoms with Gasteiger partial charge in [-0.05, 0) is 24.0 Å². The summed E-state index contributed by atoms with van der Waals surface area (Å²) in [5.74, 6) is 0.801. The van der Waals surface area contributed by atoms with Gasteiger partial charge < -0.3 is 11.0 Å². The van der Waals surface area contributed by atoms with Crippen LogP contribution in [0.3, 0.4) is 0 Å². The summed E-state index contributed by atoms with van der Waals surface area (Å²) in [7, 11) is 0. The van der Waals surface area contributed by atoms with Crippen LogP contribution >= 0.6 is 0 Å². The molecule has 0 spiro atoms. The molecule has 0 amide bonds. The molecular formula is C13H22O3. The van der Waals surface area contributed by atoms with Crippen LogP contribution < -0.4 is 0 Å². The molecule has 1 aromatic rings. The van der Waals surface area contributed by atoms with Crippen LogP contribution in [0.5, 0.6) is 0 Å². The Balaban J connectivity index is 0. The van der Waals surface area contributed by atoms with Crippen LogP contribution in [0.2, 0.25) is 0 Å². The van der Waals surface area contributed by atoms with Gasteiger partial charge >= 0.3 is 0 Å². The first-order valence-electron chi connectivity index (χ1n) is 5.12. The number of hydrogen-bond donors (Lipinski definition) is 0. The van der Waals surface area contributed by atoms with Crippen LogP contribution in [0, 0.1) is 0 Å². The molecule has 0 saturated carbocycles. The highest BCUT2D eigenvalue weighted by Crippen LogP contribution is 2.20. The average molecular weight is 226 g/mol. The van der Waals surface area contributed by atoms with Crippen LogP contribution in [0.1, 0.15) is 50.7 Å². The van der Waals surface area contributed by atoms with E-state index in [0.29, 0.717) is 5.92 Å². The second-order valence-corrected chi connectivity index (χ2v) is 4.15. The zero-order valence-corrected chi connectivity index (χ0v) is 10.4. The topological polar surface area (TPSA) is 80.1 Å². The van der Waals surface area contributed by atoms with Crippen molar-refractivity contribution >= 4 is 5.78 Å². The van der Waals surface area contributed by atoms with Gasteiger partial charge in [0.25, 0.3) is 0 Å². The Morgan fingerprint density at radius 2 is 1.31 bits per heavy atom. The molecule has 16 heavy (non-hydrogen) atoms. The van der Waals surface area contributed by atoms with E-state index in [0.717, 1.165) is 5.56 Å². The normalized spacial score (nSPS) is 11.3. The van der Waals surface area contributed by atoms with Gasteiger partial charge in [0.1, 0.15) is 5.78 Å². The van der Waals surface area contributed by atoms with Gasteiger partial charge in [0.15, 0.2) is 0 Å². The summed E-state index contributed by atoms with van der Waals surface area (Å²) >= 11 is 0. The summed E-state index contributed by atoms with van der Waals surface area (Å²) in [5, 5.41) is 0. The van der Waals surface area contributed by atoms with Gasteiger partial charge in [-0.25, -0.2) is 0 Å². The molecule has 1 aromatic carbocycles. The fourth-order valence-corrected chi connectivity index (χ4v) is 1.40. The number of rotatable bonds is 3. The van der Waals surface area contributed by atoms with Gasteiger partial charge in [0.05, 0.1) is 0 Å². The minimum absolute atomic E-state index is 0. The maximum atomic E-state index is 11.2. The van der Waals surface area contributed by atoms with E-state index in [1.165, 1.54) is 5.56 Å². The van der Waals surface area contributed by atoms with Crippen molar-refractivity contribution in [1.82, 2.24) is 0 Å². The van der Waals surface area contributed by atoms with Crippen molar-refractivity contribution in [2.24, 2.45) is 0 Å². The third-order valence-corrected chi connectivity index (χ3v) is 2.71. The minimum atomic E-state index is 0. The Kier molecular flexibility index (Phi) is 7.69. The third kappa shape index (κ3) is 4.13. The molecule has 3 nitrogen and oxygen atoms in total. The lowest BCUT2D eigenvalue weighted by Gasteiger charge is -2.10. The first-order valence-corrected chi connectivity index (χ1v) is 5.12. The van der Waals surface area contributed by atoms with Crippen LogP contribution in [0.15, 0.2) is 24.3 Å². The standard InChI is InChI=1S/C13H18O.2H2O/c1-9(2)12-5-7-13(8-6-12)10(3)11(4)14;;/h5-10H,1-4H3;2*1H2. The predicted octanol–water partition coefficient (Wildman–Crippen LogP) is 1.85. The van der Waals surface area contributed by atoms with E-state index >= 15 is 0 Å². The van der Waals surface area contributed by atoms with E-state index in [1.807, 2.05) is 6.92 Å². The van der Waals surface area contributed by atoms with Crippen LogP contribution in [0.25, 0.3) is 0 Å². The van der Waals surface area contributed by atoms with Crippen molar-refractivity contribution in [3.8, 4) is 0 Å². The Morgan fingerprint density at radius 1 is 0.938 bits per heavy atom. The lowest BCUT2D eigenvalue weighted by atomic mass is 9.94. The molecule has 0 aliphatic carbocycles. The summed E-state index contributed by atoms with van der Waals surface area (Å²) in [6.45, 7) is 7.93. The number of Topliss-reactive ketones (excluding diaryl/α,β-unsaturated/α-hetero) is 1. The molecule has 0 fully saturated rings. The number of carbonyl (C=O) groups excluding carboxylic acids is 1. The van der Waals surface area contributed by atoms with Gasteiger partial charge in [-0.3, -0.25) is 4.79 Å². The number of hydrogen-bond acceptors (Lipinski definition) is 1. The maximum Gasteiger partial charge on any atom is 0.136 e. The number of benzene rings is 1. The van der Waals surface area contributed by atoms with Crippen molar-refractivity contribution in [3.63, 3.8) is 0 Å². The maximum absolute atomic E-state index is 11.2. The second-order valence-electron chi connectivity index (χ2n) is 4.15. The molecule has 0 aliphatic rings. The van der Waals surface area contributed by atoms with Crippen molar-refractivity contribution in [2.75, 3.05) is 0 Å². The molecule has 0 radical (unpaired) electrons. The molecule has 4 N–H and O–H groups in total. The quantitative estimate of drug-likeness (QED) is 0.774. The van der Waals surface area contributed by atoms with Gasteiger partial charge in [-0.15, -0.1) is 0 Å². The lowest BCUT2D eigenvalue weighted by Crippen LogP contribution is -2.04. The van der Waals surface area contributed by atoms with E-state index in [-0.39, 0.29) is 22.7 Å². The van der Waals surface area contributed by atoms with Crippen molar-refractivity contribution in [3.05, 3.63) is 35.4 Å². The van der Waals surface area contributed by atoms with E-state index in [9.17, 15) is 4.79 Å². The zero-order chi connectivity index (χ0) is 10.7. The van der Waals surface area contributed by atoms with Crippen molar-refractivity contribution in [1.29, 1.82) is 0 Å². The van der Waals surface area contributed by atoms with Gasteiger partial charge in [-0.1, -0.05) is 45.0 Å².